The molecule has 8 nitrogen and oxygen atoms in total. The van der Waals surface area contributed by atoms with E-state index >= 15 is 0 Å². The van der Waals surface area contributed by atoms with Crippen molar-refractivity contribution in [2.24, 2.45) is 16.6 Å². The topological polar surface area (TPSA) is 108 Å². The first kappa shape index (κ1) is 20.3. The SMILES string of the molecule is COc1ccc(C(=O)Nc2ccc(F)c(/N=C(/N)OC3=CCOC[C@@H]3C)c2)nc1. The van der Waals surface area contributed by atoms with E-state index in [0.717, 1.165) is 0 Å². The summed E-state index contributed by atoms with van der Waals surface area (Å²) in [6.07, 6.45) is 3.19. The number of amidine groups is 1. The van der Waals surface area contributed by atoms with E-state index in [4.69, 9.17) is 19.9 Å². The Labute approximate surface area is 167 Å². The highest BCUT2D eigenvalue weighted by molar-refractivity contribution is 6.03. The molecular weight excluding hydrogens is 379 g/mol. The van der Waals surface area contributed by atoms with E-state index < -0.39 is 11.7 Å². The minimum atomic E-state index is -0.605. The zero-order chi connectivity index (χ0) is 20.8. The van der Waals surface area contributed by atoms with Crippen LogP contribution in [-0.2, 0) is 9.47 Å². The average Bonchev–Trinajstić information content (AvgIpc) is 2.72. The van der Waals surface area contributed by atoms with Gasteiger partial charge < -0.3 is 25.3 Å². The molecule has 1 aliphatic heterocycles. The predicted octanol–water partition coefficient (Wildman–Crippen LogP) is 2.99. The number of halogens is 1. The number of carbonyl (C=O) groups excluding carboxylic acids is 1. The van der Waals surface area contributed by atoms with Gasteiger partial charge in [0.05, 0.1) is 26.5 Å². The fourth-order valence-electron chi connectivity index (χ4n) is 2.58. The van der Waals surface area contributed by atoms with Gasteiger partial charge in [0.2, 0.25) is 0 Å². The number of anilines is 1. The van der Waals surface area contributed by atoms with Gasteiger partial charge in [-0.25, -0.2) is 9.37 Å². The van der Waals surface area contributed by atoms with E-state index in [1.807, 2.05) is 6.92 Å². The van der Waals surface area contributed by atoms with Crippen LogP contribution in [0.3, 0.4) is 0 Å². The average molecular weight is 400 g/mol. The Balaban J connectivity index is 1.73. The number of ether oxygens (including phenoxy) is 3. The molecule has 0 bridgehead atoms. The van der Waals surface area contributed by atoms with Crippen molar-refractivity contribution in [3.05, 3.63) is 59.9 Å². The molecule has 0 fully saturated rings. The lowest BCUT2D eigenvalue weighted by atomic mass is 10.1. The van der Waals surface area contributed by atoms with Crippen molar-refractivity contribution in [2.45, 2.75) is 6.92 Å². The van der Waals surface area contributed by atoms with Crippen LogP contribution in [0.5, 0.6) is 5.75 Å². The number of methoxy groups -OCH3 is 1. The molecule has 0 unspecified atom stereocenters. The molecule has 1 aromatic heterocycles. The number of aromatic nitrogens is 1. The summed E-state index contributed by atoms with van der Waals surface area (Å²) in [4.78, 5) is 20.3. The third-order valence-corrected chi connectivity index (χ3v) is 4.12. The van der Waals surface area contributed by atoms with Crippen LogP contribution in [0.1, 0.15) is 17.4 Å². The molecule has 3 rings (SSSR count). The second kappa shape index (κ2) is 9.16. The number of benzene rings is 1. The predicted molar refractivity (Wildman–Crippen MR) is 106 cm³/mol. The maximum atomic E-state index is 14.1. The van der Waals surface area contributed by atoms with Crippen molar-refractivity contribution in [2.75, 3.05) is 25.6 Å². The van der Waals surface area contributed by atoms with Crippen molar-refractivity contribution in [1.82, 2.24) is 4.98 Å². The molecule has 2 aromatic rings. The number of nitrogens with zero attached hydrogens (tertiary/aromatic N) is 2. The van der Waals surface area contributed by atoms with E-state index in [1.165, 1.54) is 37.6 Å². The highest BCUT2D eigenvalue weighted by atomic mass is 19.1. The number of hydrogen-bond acceptors (Lipinski definition) is 6. The molecule has 1 amide bonds. The molecule has 3 N–H and O–H groups in total. The van der Waals surface area contributed by atoms with Crippen molar-refractivity contribution < 1.29 is 23.4 Å². The van der Waals surface area contributed by atoms with Gasteiger partial charge in [-0.2, -0.15) is 4.99 Å². The summed E-state index contributed by atoms with van der Waals surface area (Å²) in [6.45, 7) is 2.85. The zero-order valence-electron chi connectivity index (χ0n) is 16.0. The minimum absolute atomic E-state index is 0.0185. The molecule has 0 aliphatic carbocycles. The molecule has 0 saturated heterocycles. The summed E-state index contributed by atoms with van der Waals surface area (Å²) >= 11 is 0. The molecule has 152 valence electrons. The Morgan fingerprint density at radius 3 is 2.90 bits per heavy atom. The maximum absolute atomic E-state index is 14.1. The second-order valence-corrected chi connectivity index (χ2v) is 6.30. The lowest BCUT2D eigenvalue weighted by Crippen LogP contribution is -2.23. The van der Waals surface area contributed by atoms with Gasteiger partial charge in [-0.3, -0.25) is 4.79 Å². The first-order valence-corrected chi connectivity index (χ1v) is 8.87. The number of pyridine rings is 1. The van der Waals surface area contributed by atoms with Crippen molar-refractivity contribution >= 4 is 23.3 Å². The summed E-state index contributed by atoms with van der Waals surface area (Å²) in [5.74, 6) is 0.105. The second-order valence-electron chi connectivity index (χ2n) is 6.30. The first-order chi connectivity index (χ1) is 14.0. The Kier molecular flexibility index (Phi) is 6.40. The molecule has 29 heavy (non-hydrogen) atoms. The summed E-state index contributed by atoms with van der Waals surface area (Å²) in [7, 11) is 1.51. The molecule has 2 heterocycles. The van der Waals surface area contributed by atoms with Crippen LogP contribution in [0.4, 0.5) is 15.8 Å². The van der Waals surface area contributed by atoms with Crippen LogP contribution < -0.4 is 15.8 Å². The van der Waals surface area contributed by atoms with E-state index in [9.17, 15) is 9.18 Å². The highest BCUT2D eigenvalue weighted by Gasteiger charge is 2.16. The zero-order valence-corrected chi connectivity index (χ0v) is 16.0. The normalized spacial score (nSPS) is 16.7. The Morgan fingerprint density at radius 1 is 1.38 bits per heavy atom. The van der Waals surface area contributed by atoms with Crippen LogP contribution in [0, 0.1) is 11.7 Å². The summed E-state index contributed by atoms with van der Waals surface area (Å²) < 4.78 is 29.9. The van der Waals surface area contributed by atoms with Crippen molar-refractivity contribution in [3.8, 4) is 5.75 Å². The molecule has 0 saturated carbocycles. The van der Waals surface area contributed by atoms with Gasteiger partial charge in [0.15, 0.2) is 0 Å². The monoisotopic (exact) mass is 400 g/mol. The van der Waals surface area contributed by atoms with Gasteiger partial charge in [0.1, 0.15) is 28.7 Å². The van der Waals surface area contributed by atoms with E-state index in [0.29, 0.717) is 30.4 Å². The molecule has 9 heteroatoms. The Hall–Kier alpha value is -3.46. The number of amides is 1. The van der Waals surface area contributed by atoms with Crippen LogP contribution in [-0.4, -0.2) is 37.2 Å². The summed E-state index contributed by atoms with van der Waals surface area (Å²) in [6, 6.07) is 6.88. The highest BCUT2D eigenvalue weighted by Crippen LogP contribution is 2.24. The minimum Gasteiger partial charge on any atom is -0.495 e. The maximum Gasteiger partial charge on any atom is 0.292 e. The summed E-state index contributed by atoms with van der Waals surface area (Å²) in [5, 5.41) is 2.64. The van der Waals surface area contributed by atoms with Crippen LogP contribution >= 0.6 is 0 Å². The van der Waals surface area contributed by atoms with Gasteiger partial charge in [-0.05, 0) is 36.4 Å². The molecule has 0 radical (unpaired) electrons. The lowest BCUT2D eigenvalue weighted by Gasteiger charge is -2.20. The standard InChI is InChI=1S/C20H21FN4O4/c1-12-11-28-8-7-18(12)29-20(22)25-17-9-13(3-5-15(17)21)24-19(26)16-6-4-14(27-2)10-23-16/h3-7,9-10,12H,8,11H2,1-2H3,(H2,22,25)(H,24,26)/t12-/m0/s1. The third-order valence-electron chi connectivity index (χ3n) is 4.12. The first-order valence-electron chi connectivity index (χ1n) is 8.87. The molecular formula is C20H21FN4O4. The molecule has 1 aromatic carbocycles. The van der Waals surface area contributed by atoms with Crippen LogP contribution in [0.2, 0.25) is 0 Å². The van der Waals surface area contributed by atoms with Crippen LogP contribution in [0.25, 0.3) is 0 Å². The van der Waals surface area contributed by atoms with E-state index in [-0.39, 0.29) is 23.3 Å². The van der Waals surface area contributed by atoms with Gasteiger partial charge in [0.25, 0.3) is 11.9 Å². The van der Waals surface area contributed by atoms with Gasteiger partial charge in [-0.1, -0.05) is 6.92 Å². The third kappa shape index (κ3) is 5.29. The number of hydrogen-bond donors (Lipinski definition) is 2. The lowest BCUT2D eigenvalue weighted by molar-refractivity contribution is 0.102. The van der Waals surface area contributed by atoms with Gasteiger partial charge in [0, 0.05) is 11.6 Å². The van der Waals surface area contributed by atoms with E-state index in [2.05, 4.69) is 15.3 Å². The molecule has 1 aliphatic rings. The molecule has 1 atom stereocenters. The molecule has 0 spiro atoms. The number of nitrogens with one attached hydrogen (secondary N) is 1. The van der Waals surface area contributed by atoms with Gasteiger partial charge >= 0.3 is 0 Å². The number of rotatable bonds is 5. The van der Waals surface area contributed by atoms with Gasteiger partial charge in [-0.15, -0.1) is 0 Å². The fourth-order valence-corrected chi connectivity index (χ4v) is 2.58. The largest absolute Gasteiger partial charge is 0.495 e. The number of aliphatic imine (C=N–C) groups is 1. The van der Waals surface area contributed by atoms with Crippen molar-refractivity contribution in [3.63, 3.8) is 0 Å². The fraction of sp³-hybridized carbons (Fsp3) is 0.250. The van der Waals surface area contributed by atoms with Crippen LogP contribution in [0.15, 0.2) is 53.4 Å². The number of carbonyl (C=O) groups is 1. The Bertz CT molecular complexity index is 944. The van der Waals surface area contributed by atoms with E-state index in [1.54, 1.807) is 12.1 Å². The quantitative estimate of drug-likeness (QED) is 0.590. The summed E-state index contributed by atoms with van der Waals surface area (Å²) in [5.41, 5.74) is 6.26. The Morgan fingerprint density at radius 2 is 2.21 bits per heavy atom. The number of nitrogens with two attached hydrogens (primary N) is 1. The smallest absolute Gasteiger partial charge is 0.292 e. The van der Waals surface area contributed by atoms with Crippen molar-refractivity contribution in [1.29, 1.82) is 0 Å².